The van der Waals surface area contributed by atoms with Gasteiger partial charge in [-0.15, -0.1) is 0 Å². The fourth-order valence-corrected chi connectivity index (χ4v) is 3.25. The van der Waals surface area contributed by atoms with Crippen LogP contribution in [0.25, 0.3) is 0 Å². The summed E-state index contributed by atoms with van der Waals surface area (Å²) in [5.41, 5.74) is 1.73. The molecule has 0 heterocycles. The summed E-state index contributed by atoms with van der Waals surface area (Å²) in [5.74, 6) is -2.24. The summed E-state index contributed by atoms with van der Waals surface area (Å²) < 4.78 is 26.0. The van der Waals surface area contributed by atoms with E-state index in [2.05, 4.69) is 0 Å². The van der Waals surface area contributed by atoms with Crippen LogP contribution >= 0.6 is 12.2 Å². The molecule has 0 radical (unpaired) electrons. The normalized spacial score (nSPS) is 11.1. The van der Waals surface area contributed by atoms with E-state index in [-0.39, 0.29) is 62.9 Å². The highest BCUT2D eigenvalue weighted by atomic mass is 32.1. The van der Waals surface area contributed by atoms with Crippen LogP contribution in [0.3, 0.4) is 0 Å². The van der Waals surface area contributed by atoms with Gasteiger partial charge in [0.15, 0.2) is 5.05 Å². The average molecular weight is 545 g/mol. The van der Waals surface area contributed by atoms with Crippen molar-refractivity contribution >= 4 is 41.1 Å². The van der Waals surface area contributed by atoms with Crippen molar-refractivity contribution in [3.63, 3.8) is 0 Å². The Hall–Kier alpha value is -3.79. The van der Waals surface area contributed by atoms with Crippen LogP contribution in [0.5, 0.6) is 0 Å². The Kier molecular flexibility index (Phi) is 14.1. The number of ether oxygens (including phenoxy) is 5. The molecule has 0 fully saturated rings. The quantitative estimate of drug-likeness (QED) is 0.0977. The predicted octanol–water partition coefficient (Wildman–Crippen LogP) is 4.59. The largest absolute Gasteiger partial charge is 0.487 e. The molecule has 10 heteroatoms. The van der Waals surface area contributed by atoms with Gasteiger partial charge in [0.05, 0.1) is 25.9 Å². The molecule has 1 unspecified atom stereocenters. The van der Waals surface area contributed by atoms with Crippen LogP contribution in [-0.4, -0.2) is 41.8 Å². The van der Waals surface area contributed by atoms with Crippen LogP contribution in [0.1, 0.15) is 56.6 Å². The summed E-state index contributed by atoms with van der Waals surface area (Å²) in [5, 5.41) is 0.247. The lowest BCUT2D eigenvalue weighted by Crippen LogP contribution is -2.24. The molecular weight excluding hydrogens is 512 g/mol. The molecule has 0 bridgehead atoms. The summed E-state index contributed by atoms with van der Waals surface area (Å²) in [6, 6.07) is 18.5. The van der Waals surface area contributed by atoms with E-state index in [4.69, 9.17) is 35.9 Å². The van der Waals surface area contributed by atoms with E-state index >= 15 is 0 Å². The second kappa shape index (κ2) is 17.6. The minimum absolute atomic E-state index is 0.0904. The second-order valence-electron chi connectivity index (χ2n) is 8.18. The minimum Gasteiger partial charge on any atom is -0.487 e. The van der Waals surface area contributed by atoms with Crippen LogP contribution < -0.4 is 0 Å². The van der Waals surface area contributed by atoms with Crippen molar-refractivity contribution in [1.29, 1.82) is 0 Å². The van der Waals surface area contributed by atoms with E-state index in [0.717, 1.165) is 11.1 Å². The van der Waals surface area contributed by atoms with Gasteiger partial charge in [0.1, 0.15) is 13.2 Å². The van der Waals surface area contributed by atoms with Gasteiger partial charge in [0.2, 0.25) is 6.29 Å². The number of carbonyl (C=O) groups is 4. The molecule has 0 aliphatic carbocycles. The van der Waals surface area contributed by atoms with Crippen LogP contribution in [0.4, 0.5) is 0 Å². The molecule has 1 atom stereocenters. The van der Waals surface area contributed by atoms with Gasteiger partial charge in [-0.3, -0.25) is 19.2 Å². The summed E-state index contributed by atoms with van der Waals surface area (Å²) in [6.45, 7) is 1.68. The molecule has 0 amide bonds. The molecule has 2 rings (SSSR count). The summed E-state index contributed by atoms with van der Waals surface area (Å²) >= 11 is 5.14. The maximum absolute atomic E-state index is 12.1. The van der Waals surface area contributed by atoms with E-state index in [9.17, 15) is 19.2 Å². The molecule has 0 aromatic heterocycles. The van der Waals surface area contributed by atoms with Crippen LogP contribution in [-0.2, 0) is 56.1 Å². The molecule has 204 valence electrons. The number of thiocarbonyl (C=S) groups is 1. The molecule has 0 N–H and O–H groups in total. The van der Waals surface area contributed by atoms with Crippen molar-refractivity contribution in [3.8, 4) is 0 Å². The highest BCUT2D eigenvalue weighted by molar-refractivity contribution is 7.80. The van der Waals surface area contributed by atoms with Crippen LogP contribution in [0, 0.1) is 0 Å². The minimum atomic E-state index is -1.12. The number of carbonyl (C=O) groups excluding carboxylic acids is 4. The highest BCUT2D eigenvalue weighted by Gasteiger charge is 2.19. The Morgan fingerprint density at radius 3 is 1.71 bits per heavy atom. The zero-order valence-corrected chi connectivity index (χ0v) is 22.1. The van der Waals surface area contributed by atoms with Gasteiger partial charge in [-0.05, 0) is 29.8 Å². The van der Waals surface area contributed by atoms with Gasteiger partial charge in [-0.2, -0.15) is 0 Å². The lowest BCUT2D eigenvalue weighted by atomic mass is 10.2. The first-order valence-electron chi connectivity index (χ1n) is 12.2. The van der Waals surface area contributed by atoms with E-state index in [1.807, 2.05) is 60.7 Å². The Balaban J connectivity index is 1.60. The van der Waals surface area contributed by atoms with E-state index in [1.165, 1.54) is 6.92 Å². The molecule has 2 aromatic carbocycles. The fourth-order valence-electron chi connectivity index (χ4n) is 3.07. The molecule has 0 aliphatic rings. The van der Waals surface area contributed by atoms with Crippen molar-refractivity contribution in [3.05, 3.63) is 71.8 Å². The van der Waals surface area contributed by atoms with Crippen molar-refractivity contribution < 1.29 is 42.9 Å². The van der Waals surface area contributed by atoms with Crippen molar-refractivity contribution in [2.24, 2.45) is 0 Å². The maximum atomic E-state index is 12.1. The highest BCUT2D eigenvalue weighted by Crippen LogP contribution is 2.10. The molecular formula is C28H32O9S. The lowest BCUT2D eigenvalue weighted by molar-refractivity contribution is -0.188. The van der Waals surface area contributed by atoms with Gasteiger partial charge in [-0.1, -0.05) is 60.7 Å². The Morgan fingerprint density at radius 2 is 1.18 bits per heavy atom. The second-order valence-corrected chi connectivity index (χ2v) is 8.64. The fraction of sp³-hybridized carbons (Fsp3) is 0.393. The number of hydrogen-bond donors (Lipinski definition) is 0. The van der Waals surface area contributed by atoms with Gasteiger partial charge >= 0.3 is 23.9 Å². The Morgan fingerprint density at radius 1 is 0.684 bits per heavy atom. The standard InChI is InChI=1S/C28H32O9S/c1-21(29)36-27(37-26(32)15-14-24(30)34-19-22-9-4-2-5-10-22)13-8-18-33-28(38)17-16-25(31)35-20-23-11-6-3-7-12-23/h2-7,9-12,27H,8,13-20H2,1H3. The molecule has 38 heavy (non-hydrogen) atoms. The van der Waals surface area contributed by atoms with Crippen molar-refractivity contribution in [2.75, 3.05) is 6.61 Å². The van der Waals surface area contributed by atoms with Gasteiger partial charge < -0.3 is 23.7 Å². The topological polar surface area (TPSA) is 114 Å². The zero-order chi connectivity index (χ0) is 27.6. The summed E-state index contributed by atoms with van der Waals surface area (Å²) in [6.07, 6.45) is -0.644. The summed E-state index contributed by atoms with van der Waals surface area (Å²) in [4.78, 5) is 47.3. The average Bonchev–Trinajstić information content (AvgIpc) is 2.91. The first kappa shape index (κ1) is 30.4. The lowest BCUT2D eigenvalue weighted by Gasteiger charge is -2.17. The van der Waals surface area contributed by atoms with Crippen LogP contribution in [0.15, 0.2) is 60.7 Å². The van der Waals surface area contributed by atoms with Gasteiger partial charge in [0, 0.05) is 19.8 Å². The first-order valence-corrected chi connectivity index (χ1v) is 12.6. The Bertz CT molecular complexity index is 1040. The third-order valence-corrected chi connectivity index (χ3v) is 5.28. The Labute approximate surface area is 227 Å². The molecule has 0 saturated heterocycles. The number of rotatable bonds is 16. The smallest absolute Gasteiger partial charge is 0.309 e. The molecule has 0 spiro atoms. The molecule has 0 aliphatic heterocycles. The van der Waals surface area contributed by atoms with E-state index < -0.39 is 24.2 Å². The predicted molar refractivity (Wildman–Crippen MR) is 140 cm³/mol. The SMILES string of the molecule is CC(=O)OC(CCCOC(=S)CCC(=O)OCc1ccccc1)OC(=O)CCC(=O)OCc1ccccc1. The van der Waals surface area contributed by atoms with E-state index in [0.29, 0.717) is 6.42 Å². The van der Waals surface area contributed by atoms with Crippen molar-refractivity contribution in [1.82, 2.24) is 0 Å². The van der Waals surface area contributed by atoms with Crippen LogP contribution in [0.2, 0.25) is 0 Å². The molecule has 0 saturated carbocycles. The third-order valence-electron chi connectivity index (χ3n) is 4.96. The first-order chi connectivity index (χ1) is 18.3. The summed E-state index contributed by atoms with van der Waals surface area (Å²) in [7, 11) is 0. The monoisotopic (exact) mass is 544 g/mol. The number of esters is 4. The molecule has 9 nitrogen and oxygen atoms in total. The van der Waals surface area contributed by atoms with Gasteiger partial charge in [0.25, 0.3) is 0 Å². The van der Waals surface area contributed by atoms with Gasteiger partial charge in [-0.25, -0.2) is 0 Å². The van der Waals surface area contributed by atoms with Crippen molar-refractivity contribution in [2.45, 2.75) is 65.0 Å². The zero-order valence-electron chi connectivity index (χ0n) is 21.3. The van der Waals surface area contributed by atoms with E-state index in [1.54, 1.807) is 0 Å². The number of benzene rings is 2. The maximum Gasteiger partial charge on any atom is 0.309 e. The number of hydrogen-bond acceptors (Lipinski definition) is 10. The molecule has 2 aromatic rings. The third kappa shape index (κ3) is 14.1.